The summed E-state index contributed by atoms with van der Waals surface area (Å²) >= 11 is 0. The van der Waals surface area contributed by atoms with Crippen LogP contribution in [0.25, 0.3) is 0 Å². The van der Waals surface area contributed by atoms with E-state index in [4.69, 9.17) is 5.73 Å². The Morgan fingerprint density at radius 1 is 1.69 bits per heavy atom. The summed E-state index contributed by atoms with van der Waals surface area (Å²) in [4.78, 5) is 16.5. The van der Waals surface area contributed by atoms with Crippen molar-refractivity contribution in [3.05, 3.63) is 28.4 Å². The van der Waals surface area contributed by atoms with Crippen molar-refractivity contribution < 1.29 is 4.92 Å². The van der Waals surface area contributed by atoms with E-state index < -0.39 is 4.92 Å². The van der Waals surface area contributed by atoms with Gasteiger partial charge in [0.25, 0.3) is 0 Å². The molecule has 2 rings (SSSR count). The van der Waals surface area contributed by atoms with Crippen LogP contribution in [-0.2, 0) is 0 Å². The standard InChI is InChI=1S/C10H14N4O2/c1-7-8(11)4-6-13(7)10-9(14(15)16)3-2-5-12-10/h2-3,5,7-8H,4,6,11H2,1H3. The Morgan fingerprint density at radius 2 is 2.44 bits per heavy atom. The minimum Gasteiger partial charge on any atom is -0.347 e. The largest absolute Gasteiger partial charge is 0.347 e. The molecule has 6 nitrogen and oxygen atoms in total. The maximum Gasteiger partial charge on any atom is 0.311 e. The van der Waals surface area contributed by atoms with E-state index in [0.29, 0.717) is 5.82 Å². The smallest absolute Gasteiger partial charge is 0.311 e. The summed E-state index contributed by atoms with van der Waals surface area (Å²) in [6, 6.07) is 3.19. The highest BCUT2D eigenvalue weighted by Crippen LogP contribution is 2.30. The Kier molecular flexibility index (Phi) is 2.74. The average Bonchev–Trinajstić information content (AvgIpc) is 2.60. The van der Waals surface area contributed by atoms with Crippen molar-refractivity contribution in [2.75, 3.05) is 11.4 Å². The lowest BCUT2D eigenvalue weighted by molar-refractivity contribution is -0.384. The van der Waals surface area contributed by atoms with Crippen molar-refractivity contribution in [1.29, 1.82) is 0 Å². The van der Waals surface area contributed by atoms with Crippen molar-refractivity contribution in [2.24, 2.45) is 5.73 Å². The second kappa shape index (κ2) is 4.05. The summed E-state index contributed by atoms with van der Waals surface area (Å²) in [5, 5.41) is 10.9. The molecule has 2 heterocycles. The topological polar surface area (TPSA) is 85.3 Å². The lowest BCUT2D eigenvalue weighted by Crippen LogP contribution is -2.37. The van der Waals surface area contributed by atoms with Crippen LogP contribution in [0.4, 0.5) is 11.5 Å². The molecule has 6 heteroatoms. The molecule has 0 aromatic carbocycles. The zero-order valence-electron chi connectivity index (χ0n) is 9.04. The third kappa shape index (κ3) is 1.71. The highest BCUT2D eigenvalue weighted by Gasteiger charge is 2.32. The number of hydrogen-bond donors (Lipinski definition) is 1. The molecule has 1 aromatic rings. The minimum atomic E-state index is -0.404. The van der Waals surface area contributed by atoms with E-state index in [1.807, 2.05) is 11.8 Å². The predicted octanol–water partition coefficient (Wildman–Crippen LogP) is 0.916. The number of nitrogens with two attached hydrogens (primary N) is 1. The fourth-order valence-electron chi connectivity index (χ4n) is 2.02. The number of aromatic nitrogens is 1. The molecular formula is C10H14N4O2. The summed E-state index contributed by atoms with van der Waals surface area (Å²) in [6.45, 7) is 2.69. The molecule has 1 saturated heterocycles. The third-order valence-electron chi connectivity index (χ3n) is 3.05. The summed E-state index contributed by atoms with van der Waals surface area (Å²) in [5.41, 5.74) is 5.94. The molecular weight excluding hydrogens is 208 g/mol. The molecule has 0 amide bonds. The Bertz CT molecular complexity index is 410. The fraction of sp³-hybridized carbons (Fsp3) is 0.500. The zero-order valence-corrected chi connectivity index (χ0v) is 9.04. The minimum absolute atomic E-state index is 0.0449. The van der Waals surface area contributed by atoms with E-state index in [2.05, 4.69) is 4.98 Å². The molecule has 86 valence electrons. The summed E-state index contributed by atoms with van der Waals surface area (Å²) in [6.07, 6.45) is 2.41. The van der Waals surface area contributed by atoms with Crippen LogP contribution in [0.5, 0.6) is 0 Å². The number of hydrogen-bond acceptors (Lipinski definition) is 5. The van der Waals surface area contributed by atoms with E-state index in [0.717, 1.165) is 13.0 Å². The molecule has 0 radical (unpaired) electrons. The van der Waals surface area contributed by atoms with Gasteiger partial charge < -0.3 is 10.6 Å². The molecule has 1 aliphatic heterocycles. The van der Waals surface area contributed by atoms with Crippen molar-refractivity contribution in [1.82, 2.24) is 4.98 Å². The van der Waals surface area contributed by atoms with Gasteiger partial charge in [-0.2, -0.15) is 0 Å². The zero-order chi connectivity index (χ0) is 11.7. The van der Waals surface area contributed by atoms with Crippen molar-refractivity contribution in [2.45, 2.75) is 25.4 Å². The summed E-state index contributed by atoms with van der Waals surface area (Å²) in [7, 11) is 0. The number of nitrogens with zero attached hydrogens (tertiary/aromatic N) is 3. The van der Waals surface area contributed by atoms with Crippen LogP contribution in [0.15, 0.2) is 18.3 Å². The predicted molar refractivity (Wildman–Crippen MR) is 60.3 cm³/mol. The van der Waals surface area contributed by atoms with Crippen LogP contribution in [0.3, 0.4) is 0 Å². The Morgan fingerprint density at radius 3 is 3.00 bits per heavy atom. The van der Waals surface area contributed by atoms with E-state index in [9.17, 15) is 10.1 Å². The maximum atomic E-state index is 10.9. The van der Waals surface area contributed by atoms with Crippen molar-refractivity contribution >= 4 is 11.5 Å². The molecule has 2 atom stereocenters. The van der Waals surface area contributed by atoms with Gasteiger partial charge in [-0.1, -0.05) is 0 Å². The summed E-state index contributed by atoms with van der Waals surface area (Å²) in [5.74, 6) is 0.424. The van der Waals surface area contributed by atoms with Gasteiger partial charge in [-0.15, -0.1) is 0 Å². The van der Waals surface area contributed by atoms with Crippen LogP contribution in [0.1, 0.15) is 13.3 Å². The molecule has 1 fully saturated rings. The normalized spacial score (nSPS) is 24.8. The summed E-state index contributed by atoms with van der Waals surface area (Å²) < 4.78 is 0. The molecule has 0 spiro atoms. The van der Waals surface area contributed by atoms with Gasteiger partial charge in [0.05, 0.1) is 4.92 Å². The second-order valence-corrected chi connectivity index (χ2v) is 3.99. The van der Waals surface area contributed by atoms with Gasteiger partial charge in [0, 0.05) is 30.9 Å². The van der Waals surface area contributed by atoms with E-state index in [1.54, 1.807) is 12.3 Å². The molecule has 16 heavy (non-hydrogen) atoms. The Balaban J connectivity index is 2.37. The first-order chi connectivity index (χ1) is 7.61. The molecule has 2 N–H and O–H groups in total. The van der Waals surface area contributed by atoms with Crippen LogP contribution < -0.4 is 10.6 Å². The first-order valence-corrected chi connectivity index (χ1v) is 5.23. The molecule has 0 bridgehead atoms. The van der Waals surface area contributed by atoms with Crippen LogP contribution >= 0.6 is 0 Å². The highest BCUT2D eigenvalue weighted by atomic mass is 16.6. The lowest BCUT2D eigenvalue weighted by Gasteiger charge is -2.23. The van der Waals surface area contributed by atoms with E-state index in [1.165, 1.54) is 6.07 Å². The SMILES string of the molecule is CC1C(N)CCN1c1ncccc1[N+](=O)[O-]. The van der Waals surface area contributed by atoms with Crippen LogP contribution in [0.2, 0.25) is 0 Å². The number of pyridine rings is 1. The monoisotopic (exact) mass is 222 g/mol. The molecule has 0 saturated carbocycles. The second-order valence-electron chi connectivity index (χ2n) is 3.99. The maximum absolute atomic E-state index is 10.9. The van der Waals surface area contributed by atoms with Crippen LogP contribution in [0, 0.1) is 10.1 Å². The molecule has 1 aliphatic rings. The number of anilines is 1. The van der Waals surface area contributed by atoms with E-state index >= 15 is 0 Å². The van der Waals surface area contributed by atoms with Crippen molar-refractivity contribution in [3.8, 4) is 0 Å². The van der Waals surface area contributed by atoms with E-state index in [-0.39, 0.29) is 17.8 Å². The fourth-order valence-corrected chi connectivity index (χ4v) is 2.02. The Hall–Kier alpha value is -1.69. The van der Waals surface area contributed by atoms with Crippen LogP contribution in [-0.4, -0.2) is 28.5 Å². The molecule has 2 unspecified atom stereocenters. The van der Waals surface area contributed by atoms with Gasteiger partial charge in [0.1, 0.15) is 0 Å². The molecule has 1 aromatic heterocycles. The van der Waals surface area contributed by atoms with Gasteiger partial charge in [0.2, 0.25) is 5.82 Å². The third-order valence-corrected chi connectivity index (χ3v) is 3.05. The van der Waals surface area contributed by atoms with Gasteiger partial charge >= 0.3 is 5.69 Å². The quantitative estimate of drug-likeness (QED) is 0.594. The lowest BCUT2D eigenvalue weighted by atomic mass is 10.2. The van der Waals surface area contributed by atoms with Gasteiger partial charge in [-0.25, -0.2) is 4.98 Å². The molecule has 0 aliphatic carbocycles. The highest BCUT2D eigenvalue weighted by molar-refractivity contribution is 5.58. The Labute approximate surface area is 93.2 Å². The van der Waals surface area contributed by atoms with Gasteiger partial charge in [-0.3, -0.25) is 10.1 Å². The first-order valence-electron chi connectivity index (χ1n) is 5.23. The number of nitro groups is 1. The first kappa shape index (κ1) is 10.8. The van der Waals surface area contributed by atoms with Crippen molar-refractivity contribution in [3.63, 3.8) is 0 Å². The van der Waals surface area contributed by atoms with Gasteiger partial charge in [0.15, 0.2) is 0 Å². The van der Waals surface area contributed by atoms with Gasteiger partial charge in [-0.05, 0) is 19.4 Å². The number of rotatable bonds is 2. The average molecular weight is 222 g/mol.